The van der Waals surface area contributed by atoms with E-state index in [0.29, 0.717) is 0 Å². The molecule has 0 heterocycles. The van der Waals surface area contributed by atoms with Gasteiger partial charge in [-0.25, -0.2) is 9.59 Å². The molecule has 0 aromatic rings. The van der Waals surface area contributed by atoms with E-state index < -0.39 is 24.3 Å². The lowest BCUT2D eigenvalue weighted by Crippen LogP contribution is -2.04. The molecule has 0 aliphatic rings. The van der Waals surface area contributed by atoms with Crippen molar-refractivity contribution in [2.45, 2.75) is 13.3 Å². The second kappa shape index (κ2) is 12.7. The van der Waals surface area contributed by atoms with E-state index >= 15 is 0 Å². The van der Waals surface area contributed by atoms with Gasteiger partial charge >= 0.3 is 17.9 Å². The van der Waals surface area contributed by atoms with Crippen LogP contribution in [0.1, 0.15) is 13.3 Å². The van der Waals surface area contributed by atoms with Gasteiger partial charge in [0.15, 0.2) is 0 Å². The molecule has 0 amide bonds. The van der Waals surface area contributed by atoms with Gasteiger partial charge in [-0.1, -0.05) is 42.9 Å². The van der Waals surface area contributed by atoms with Crippen molar-refractivity contribution in [3.63, 3.8) is 0 Å². The van der Waals surface area contributed by atoms with Gasteiger partial charge in [0.05, 0.1) is 10.9 Å². The largest absolute Gasteiger partial charge is 0.481 e. The molecule has 0 rings (SSSR count). The zero-order chi connectivity index (χ0) is 16.2. The Hall–Kier alpha value is -1.79. The highest BCUT2D eigenvalue weighted by Gasteiger charge is 2.07. The van der Waals surface area contributed by atoms with Crippen molar-refractivity contribution in [1.29, 1.82) is 0 Å². The molecule has 0 bridgehead atoms. The number of halogens is 2. The van der Waals surface area contributed by atoms with Gasteiger partial charge in [-0.3, -0.25) is 4.79 Å². The first-order valence-corrected chi connectivity index (χ1v) is 5.18. The molecule has 0 saturated carbocycles. The fourth-order valence-electron chi connectivity index (χ4n) is 0.258. The molecule has 0 radical (unpaired) electrons. The lowest BCUT2D eigenvalue weighted by Gasteiger charge is -1.91. The van der Waals surface area contributed by atoms with Gasteiger partial charge in [0, 0.05) is 11.1 Å². The first-order chi connectivity index (χ1) is 8.41. The average Bonchev–Trinajstić information content (AvgIpc) is 2.15. The van der Waals surface area contributed by atoms with E-state index in [1.807, 2.05) is 0 Å². The van der Waals surface area contributed by atoms with E-state index in [1.165, 1.54) is 6.92 Å². The standard InChI is InChI=1S/C5H6O4.C4H6O2.C2H2Cl2/c1-3(5(8)9)2-4(6)7;1-3(2)4(5)6;1-2(3)4/h1-2H2,(H,6,7)(H,8,9);1H2,2H3,(H,5,6);1H2. The molecule has 19 heavy (non-hydrogen) atoms. The van der Waals surface area contributed by atoms with Crippen molar-refractivity contribution in [2.75, 3.05) is 0 Å². The summed E-state index contributed by atoms with van der Waals surface area (Å²) in [5.41, 5.74) is -0.127. The van der Waals surface area contributed by atoms with Gasteiger partial charge < -0.3 is 15.3 Å². The molecular weight excluding hydrogens is 299 g/mol. The van der Waals surface area contributed by atoms with Crippen molar-refractivity contribution < 1.29 is 29.7 Å². The van der Waals surface area contributed by atoms with E-state index in [1.54, 1.807) is 0 Å². The molecule has 0 fully saturated rings. The highest BCUT2D eigenvalue weighted by molar-refractivity contribution is 6.55. The van der Waals surface area contributed by atoms with Crippen LogP contribution in [-0.2, 0) is 14.4 Å². The minimum Gasteiger partial charge on any atom is -0.481 e. The van der Waals surface area contributed by atoms with Crippen LogP contribution >= 0.6 is 23.2 Å². The molecule has 0 aliphatic carbocycles. The maximum atomic E-state index is 9.87. The van der Waals surface area contributed by atoms with Crippen molar-refractivity contribution in [3.05, 3.63) is 35.4 Å². The number of carboxylic acids is 3. The van der Waals surface area contributed by atoms with Gasteiger partial charge in [0.25, 0.3) is 0 Å². The van der Waals surface area contributed by atoms with E-state index in [9.17, 15) is 14.4 Å². The van der Waals surface area contributed by atoms with Crippen LogP contribution in [0.15, 0.2) is 35.4 Å². The highest BCUT2D eigenvalue weighted by atomic mass is 35.5. The first-order valence-electron chi connectivity index (χ1n) is 4.43. The third-order valence-electron chi connectivity index (χ3n) is 1.03. The zero-order valence-corrected chi connectivity index (χ0v) is 11.7. The molecule has 6 nitrogen and oxygen atoms in total. The van der Waals surface area contributed by atoms with Crippen LogP contribution in [-0.4, -0.2) is 33.2 Å². The summed E-state index contributed by atoms with van der Waals surface area (Å²) in [5.74, 6) is -3.38. The van der Waals surface area contributed by atoms with Crippen LogP contribution in [0, 0.1) is 0 Å². The SMILES string of the molecule is C=C(C)C(=O)O.C=C(CC(=O)O)C(=O)O.C=C(Cl)Cl. The Bertz CT molecular complexity index is 371. The van der Waals surface area contributed by atoms with Crippen molar-refractivity contribution in [2.24, 2.45) is 0 Å². The monoisotopic (exact) mass is 312 g/mol. The van der Waals surface area contributed by atoms with E-state index in [2.05, 4.69) is 19.7 Å². The van der Waals surface area contributed by atoms with E-state index in [4.69, 9.17) is 38.5 Å². The van der Waals surface area contributed by atoms with Gasteiger partial charge in [-0.05, 0) is 6.92 Å². The maximum Gasteiger partial charge on any atom is 0.331 e. The Morgan fingerprint density at radius 2 is 1.21 bits per heavy atom. The number of carboxylic acid groups (broad SMARTS) is 3. The lowest BCUT2D eigenvalue weighted by atomic mass is 10.2. The minimum atomic E-state index is -1.27. The minimum absolute atomic E-state index is 0.111. The molecule has 0 aromatic heterocycles. The Balaban J connectivity index is -0.000000222. The van der Waals surface area contributed by atoms with Gasteiger partial charge in [-0.2, -0.15) is 0 Å². The van der Waals surface area contributed by atoms with Crippen LogP contribution in [0.3, 0.4) is 0 Å². The summed E-state index contributed by atoms with van der Waals surface area (Å²) in [5, 5.41) is 24.0. The quantitative estimate of drug-likeness (QED) is 0.688. The molecule has 8 heteroatoms. The second-order valence-electron chi connectivity index (χ2n) is 2.90. The Labute approximate surface area is 120 Å². The number of rotatable bonds is 4. The van der Waals surface area contributed by atoms with Crippen molar-refractivity contribution in [3.8, 4) is 0 Å². The van der Waals surface area contributed by atoms with E-state index in [-0.39, 0.29) is 15.6 Å². The molecule has 108 valence electrons. The Morgan fingerprint density at radius 1 is 0.947 bits per heavy atom. The summed E-state index contributed by atoms with van der Waals surface area (Å²) in [6, 6.07) is 0. The second-order valence-corrected chi connectivity index (χ2v) is 4.01. The van der Waals surface area contributed by atoms with Crippen LogP contribution in [0.2, 0.25) is 0 Å². The number of aliphatic carboxylic acids is 3. The van der Waals surface area contributed by atoms with Gasteiger partial charge in [0.1, 0.15) is 0 Å². The maximum absolute atomic E-state index is 9.87. The Kier molecular flexibility index (Phi) is 14.9. The number of hydrogen-bond acceptors (Lipinski definition) is 3. The van der Waals surface area contributed by atoms with Crippen LogP contribution in [0.5, 0.6) is 0 Å². The third-order valence-corrected chi connectivity index (χ3v) is 1.03. The normalized spacial score (nSPS) is 7.74. The summed E-state index contributed by atoms with van der Waals surface area (Å²) in [7, 11) is 0. The third kappa shape index (κ3) is 31.4. The van der Waals surface area contributed by atoms with Gasteiger partial charge in [0.2, 0.25) is 0 Å². The van der Waals surface area contributed by atoms with Crippen molar-refractivity contribution in [1.82, 2.24) is 0 Å². The topological polar surface area (TPSA) is 112 Å². The Morgan fingerprint density at radius 3 is 1.26 bits per heavy atom. The highest BCUT2D eigenvalue weighted by Crippen LogP contribution is 1.98. The first kappa shape index (κ1) is 22.4. The molecule has 0 aliphatic heterocycles. The zero-order valence-electron chi connectivity index (χ0n) is 10.2. The average molecular weight is 313 g/mol. The van der Waals surface area contributed by atoms with Crippen LogP contribution in [0.4, 0.5) is 0 Å². The summed E-state index contributed by atoms with van der Waals surface area (Å²) in [6.45, 7) is 10.7. The summed E-state index contributed by atoms with van der Waals surface area (Å²) in [6.07, 6.45) is -0.505. The number of carbonyl (C=O) groups is 3. The smallest absolute Gasteiger partial charge is 0.331 e. The molecule has 3 N–H and O–H groups in total. The van der Waals surface area contributed by atoms with Crippen LogP contribution in [0.25, 0.3) is 0 Å². The summed E-state index contributed by atoms with van der Waals surface area (Å²) in [4.78, 5) is 29.3. The number of hydrogen-bond donors (Lipinski definition) is 3. The molecule has 0 saturated heterocycles. The molecule has 0 atom stereocenters. The summed E-state index contributed by atoms with van der Waals surface area (Å²) < 4.78 is 0.111. The van der Waals surface area contributed by atoms with Crippen LogP contribution < -0.4 is 0 Å². The lowest BCUT2D eigenvalue weighted by molar-refractivity contribution is -0.139. The van der Waals surface area contributed by atoms with Gasteiger partial charge in [-0.15, -0.1) is 0 Å². The molecule has 0 spiro atoms. The van der Waals surface area contributed by atoms with Crippen molar-refractivity contribution >= 4 is 41.1 Å². The van der Waals surface area contributed by atoms with E-state index in [0.717, 1.165) is 0 Å². The summed E-state index contributed by atoms with van der Waals surface area (Å²) >= 11 is 9.69. The predicted molar refractivity (Wildman–Crippen MR) is 72.3 cm³/mol. The molecular formula is C11H14Cl2O6. The fourth-order valence-corrected chi connectivity index (χ4v) is 0.258. The molecule has 0 aromatic carbocycles. The predicted octanol–water partition coefficient (Wildman–Crippen LogP) is 2.68. The molecule has 0 unspecified atom stereocenters. The fraction of sp³-hybridized carbons (Fsp3) is 0.182.